The van der Waals surface area contributed by atoms with Gasteiger partial charge in [-0.15, -0.1) is 5.10 Å². The van der Waals surface area contributed by atoms with Crippen LogP contribution in [0.1, 0.15) is 21.7 Å². The number of hydrogen-bond donors (Lipinski definition) is 1. The van der Waals surface area contributed by atoms with E-state index in [0.29, 0.717) is 23.0 Å². The number of rotatable bonds is 2. The summed E-state index contributed by atoms with van der Waals surface area (Å²) < 4.78 is 1.64. The summed E-state index contributed by atoms with van der Waals surface area (Å²) in [5.41, 5.74) is 9.52. The smallest absolute Gasteiger partial charge is 0.272 e. The second-order valence-electron chi connectivity index (χ2n) is 5.70. The number of carbonyl (C=O) groups excluding carboxylic acids is 1. The molecule has 0 radical (unpaired) electrons. The predicted molar refractivity (Wildman–Crippen MR) is 88.1 cm³/mol. The Morgan fingerprint density at radius 1 is 1.17 bits per heavy atom. The second kappa shape index (κ2) is 5.35. The molecule has 3 rings (SSSR count). The van der Waals surface area contributed by atoms with Crippen molar-refractivity contribution in [2.45, 2.75) is 13.8 Å². The Kier molecular flexibility index (Phi) is 3.48. The van der Waals surface area contributed by atoms with Crippen LogP contribution in [0.5, 0.6) is 0 Å². The van der Waals surface area contributed by atoms with Crippen LogP contribution in [0.25, 0.3) is 17.2 Å². The molecule has 2 heterocycles. The standard InChI is InChI=1S/C16H18N6O/c1-9-7-11(17)5-6-12(9)14-19-16-18-13(15(23)21(3)4)8-10(2)22(16)20-14/h5-8H,17H2,1-4H3. The molecule has 0 fully saturated rings. The zero-order valence-electron chi connectivity index (χ0n) is 13.5. The van der Waals surface area contributed by atoms with E-state index in [4.69, 9.17) is 5.73 Å². The average molecular weight is 310 g/mol. The summed E-state index contributed by atoms with van der Waals surface area (Å²) in [5.74, 6) is 0.804. The zero-order valence-corrected chi connectivity index (χ0v) is 13.5. The van der Waals surface area contributed by atoms with Crippen molar-refractivity contribution in [1.82, 2.24) is 24.5 Å². The molecule has 7 heteroatoms. The number of aromatic nitrogens is 4. The fourth-order valence-corrected chi connectivity index (χ4v) is 2.40. The summed E-state index contributed by atoms with van der Waals surface area (Å²) in [6, 6.07) is 7.29. The lowest BCUT2D eigenvalue weighted by Gasteiger charge is -2.09. The molecule has 2 aromatic heterocycles. The highest BCUT2D eigenvalue weighted by molar-refractivity contribution is 5.92. The summed E-state index contributed by atoms with van der Waals surface area (Å²) in [7, 11) is 3.38. The number of nitrogen functional groups attached to an aromatic ring is 1. The van der Waals surface area contributed by atoms with Crippen molar-refractivity contribution < 1.29 is 4.79 Å². The van der Waals surface area contributed by atoms with Crippen LogP contribution in [0.3, 0.4) is 0 Å². The van der Waals surface area contributed by atoms with Gasteiger partial charge in [0.25, 0.3) is 11.7 Å². The summed E-state index contributed by atoms with van der Waals surface area (Å²) >= 11 is 0. The van der Waals surface area contributed by atoms with Crippen molar-refractivity contribution in [3.8, 4) is 11.4 Å². The third-order valence-corrected chi connectivity index (χ3v) is 3.61. The molecule has 118 valence electrons. The van der Waals surface area contributed by atoms with E-state index in [2.05, 4.69) is 15.1 Å². The normalized spacial score (nSPS) is 11.0. The van der Waals surface area contributed by atoms with Crippen molar-refractivity contribution in [3.05, 3.63) is 41.2 Å². The van der Waals surface area contributed by atoms with Gasteiger partial charge in [-0.25, -0.2) is 9.50 Å². The molecule has 7 nitrogen and oxygen atoms in total. The Morgan fingerprint density at radius 3 is 2.57 bits per heavy atom. The SMILES string of the molecule is Cc1cc(N)ccc1-c1nc2nc(C(=O)N(C)C)cc(C)n2n1. The average Bonchev–Trinajstić information content (AvgIpc) is 2.90. The highest BCUT2D eigenvalue weighted by atomic mass is 16.2. The lowest BCUT2D eigenvalue weighted by Crippen LogP contribution is -2.23. The molecule has 0 spiro atoms. The van der Waals surface area contributed by atoms with Crippen molar-refractivity contribution >= 4 is 17.4 Å². The topological polar surface area (TPSA) is 89.4 Å². The Balaban J connectivity index is 2.15. The number of benzene rings is 1. The molecular formula is C16H18N6O. The lowest BCUT2D eigenvalue weighted by atomic mass is 10.1. The van der Waals surface area contributed by atoms with Crippen molar-refractivity contribution in [2.24, 2.45) is 0 Å². The maximum absolute atomic E-state index is 12.1. The predicted octanol–water partition coefficient (Wildman–Crippen LogP) is 1.69. The van der Waals surface area contributed by atoms with Crippen LogP contribution in [-0.4, -0.2) is 44.5 Å². The van der Waals surface area contributed by atoms with E-state index < -0.39 is 0 Å². The number of nitrogens with two attached hydrogens (primary N) is 1. The monoisotopic (exact) mass is 310 g/mol. The molecule has 0 bridgehead atoms. The van der Waals surface area contributed by atoms with E-state index in [0.717, 1.165) is 16.8 Å². The van der Waals surface area contributed by atoms with Crippen LogP contribution in [0.2, 0.25) is 0 Å². The van der Waals surface area contributed by atoms with Gasteiger partial charge in [-0.05, 0) is 43.7 Å². The first-order valence-electron chi connectivity index (χ1n) is 7.19. The number of fused-ring (bicyclic) bond motifs is 1. The van der Waals surface area contributed by atoms with Crippen molar-refractivity contribution in [3.63, 3.8) is 0 Å². The van der Waals surface area contributed by atoms with Gasteiger partial charge >= 0.3 is 0 Å². The van der Waals surface area contributed by atoms with Crippen LogP contribution < -0.4 is 5.73 Å². The first-order chi connectivity index (χ1) is 10.9. The summed E-state index contributed by atoms with van der Waals surface area (Å²) in [4.78, 5) is 22.4. The molecule has 0 atom stereocenters. The minimum Gasteiger partial charge on any atom is -0.399 e. The number of hydrogen-bond acceptors (Lipinski definition) is 5. The Hall–Kier alpha value is -2.96. The molecule has 2 N–H and O–H groups in total. The van der Waals surface area contributed by atoms with E-state index >= 15 is 0 Å². The Morgan fingerprint density at radius 2 is 1.91 bits per heavy atom. The molecule has 1 aromatic carbocycles. The Labute approximate surface area is 133 Å². The molecule has 3 aromatic rings. The van der Waals surface area contributed by atoms with Gasteiger partial charge < -0.3 is 10.6 Å². The van der Waals surface area contributed by atoms with Crippen LogP contribution in [-0.2, 0) is 0 Å². The van der Waals surface area contributed by atoms with Gasteiger partial charge in [0.1, 0.15) is 5.69 Å². The molecule has 0 saturated carbocycles. The molecule has 0 aliphatic carbocycles. The fraction of sp³-hybridized carbons (Fsp3) is 0.250. The first-order valence-corrected chi connectivity index (χ1v) is 7.19. The molecule has 1 amide bonds. The third kappa shape index (κ3) is 2.61. The van der Waals surface area contributed by atoms with Gasteiger partial charge in [-0.1, -0.05) is 0 Å². The minimum atomic E-state index is -0.163. The van der Waals surface area contributed by atoms with Crippen molar-refractivity contribution in [1.29, 1.82) is 0 Å². The van der Waals surface area contributed by atoms with Crippen molar-refractivity contribution in [2.75, 3.05) is 19.8 Å². The minimum absolute atomic E-state index is 0.163. The molecule has 23 heavy (non-hydrogen) atoms. The number of aryl methyl sites for hydroxylation is 2. The van der Waals surface area contributed by atoms with Crippen LogP contribution in [0, 0.1) is 13.8 Å². The van der Waals surface area contributed by atoms with Crippen LogP contribution in [0.4, 0.5) is 5.69 Å². The maximum Gasteiger partial charge on any atom is 0.272 e. The van der Waals surface area contributed by atoms with Gasteiger partial charge in [-0.2, -0.15) is 4.98 Å². The lowest BCUT2D eigenvalue weighted by molar-refractivity contribution is 0.0822. The van der Waals surface area contributed by atoms with E-state index in [-0.39, 0.29) is 5.91 Å². The molecule has 0 unspecified atom stereocenters. The molecular weight excluding hydrogens is 292 g/mol. The van der Waals surface area contributed by atoms with E-state index in [1.807, 2.05) is 32.0 Å². The summed E-state index contributed by atoms with van der Waals surface area (Å²) in [6.07, 6.45) is 0. The van der Waals surface area contributed by atoms with Gasteiger partial charge in [-0.3, -0.25) is 4.79 Å². The van der Waals surface area contributed by atoms with E-state index in [1.54, 1.807) is 24.7 Å². The summed E-state index contributed by atoms with van der Waals surface area (Å²) in [5, 5.41) is 4.50. The molecule has 0 saturated heterocycles. The maximum atomic E-state index is 12.1. The number of amides is 1. The second-order valence-corrected chi connectivity index (χ2v) is 5.70. The van der Waals surface area contributed by atoms with E-state index in [1.165, 1.54) is 4.90 Å². The quantitative estimate of drug-likeness (QED) is 0.728. The van der Waals surface area contributed by atoms with Gasteiger partial charge in [0, 0.05) is 31.0 Å². The Bertz CT molecular complexity index is 912. The number of anilines is 1. The highest BCUT2D eigenvalue weighted by Gasteiger charge is 2.16. The first kappa shape index (κ1) is 15.0. The molecule has 0 aliphatic heterocycles. The fourth-order valence-electron chi connectivity index (χ4n) is 2.40. The number of carbonyl (C=O) groups is 1. The van der Waals surface area contributed by atoms with Crippen LogP contribution >= 0.6 is 0 Å². The van der Waals surface area contributed by atoms with Gasteiger partial charge in [0.15, 0.2) is 5.82 Å². The van der Waals surface area contributed by atoms with Gasteiger partial charge in [0.05, 0.1) is 0 Å². The highest BCUT2D eigenvalue weighted by Crippen LogP contribution is 2.23. The third-order valence-electron chi connectivity index (χ3n) is 3.61. The van der Waals surface area contributed by atoms with Crippen LogP contribution in [0.15, 0.2) is 24.3 Å². The largest absolute Gasteiger partial charge is 0.399 e. The number of nitrogens with zero attached hydrogens (tertiary/aromatic N) is 5. The van der Waals surface area contributed by atoms with Gasteiger partial charge in [0.2, 0.25) is 0 Å². The molecule has 0 aliphatic rings. The van der Waals surface area contributed by atoms with E-state index in [9.17, 15) is 4.79 Å². The zero-order chi connectivity index (χ0) is 16.7. The summed E-state index contributed by atoms with van der Waals surface area (Å²) in [6.45, 7) is 3.83.